The Morgan fingerprint density at radius 1 is 0.600 bits per heavy atom. The van der Waals surface area contributed by atoms with Crippen LogP contribution in [0.5, 0.6) is 0 Å². The fraction of sp³-hybridized carbons (Fsp3) is 0.821. The van der Waals surface area contributed by atoms with Gasteiger partial charge in [-0.25, -0.2) is 4.79 Å². The van der Waals surface area contributed by atoms with Crippen molar-refractivity contribution in [3.63, 3.8) is 0 Å². The molecule has 2 atom stereocenters. The van der Waals surface area contributed by atoms with E-state index in [9.17, 15) is 24.0 Å². The Morgan fingerprint density at radius 2 is 0.950 bits per heavy atom. The maximum Gasteiger partial charge on any atom is 0.508 e. The largest absolute Gasteiger partial charge is 0.508 e. The lowest BCUT2D eigenvalue weighted by molar-refractivity contribution is -0.149. The van der Waals surface area contributed by atoms with E-state index in [2.05, 4.69) is 14.2 Å². The summed E-state index contributed by atoms with van der Waals surface area (Å²) in [6.45, 7) is 24.6. The summed E-state index contributed by atoms with van der Waals surface area (Å²) < 4.78 is 22.9. The lowest BCUT2D eigenvalue weighted by atomic mass is 10.1. The highest BCUT2D eigenvalue weighted by atomic mass is 16.7. The maximum atomic E-state index is 10.8. The topological polar surface area (TPSA) is 184 Å². The van der Waals surface area contributed by atoms with Crippen LogP contribution in [0.4, 0.5) is 4.79 Å². The first-order chi connectivity index (χ1) is 18.0. The second kappa shape index (κ2) is 29.3. The summed E-state index contributed by atoms with van der Waals surface area (Å²) in [5.74, 6) is -0.301. The minimum Gasteiger partial charge on any atom is -0.463 e. The standard InChI is InChI=1S/C7H15NO2.C6H13NO2.C5H10O3.C5H10O2.C5H10O/c1-5(2)10-7(9)4-6(3)8;1-4(2)9-6(8)5(3)7;1-4(2)8-5(6)7-3;1-4(2)7-5(3)6;1-4(2)5(3)6/h5-6H,4,8H2,1-3H3;4-5H,7H2,1-3H3;4H,1-3H3;4H,1-3H3;4H,1-3H3. The summed E-state index contributed by atoms with van der Waals surface area (Å²) >= 11 is 0. The van der Waals surface area contributed by atoms with Gasteiger partial charge in [0.25, 0.3) is 0 Å². The number of hydrogen-bond acceptors (Lipinski definition) is 12. The number of Topliss-reactive ketones (excluding diaryl/α,β-unsaturated/α-hetero) is 1. The number of hydrogen-bond donors (Lipinski definition) is 2. The Balaban J connectivity index is -0.000000129. The van der Waals surface area contributed by atoms with Crippen LogP contribution in [0.15, 0.2) is 0 Å². The predicted molar refractivity (Wildman–Crippen MR) is 155 cm³/mol. The molecule has 0 aromatic carbocycles. The second-order valence-electron chi connectivity index (χ2n) is 10.0. The van der Waals surface area contributed by atoms with E-state index in [1.807, 2.05) is 41.5 Å². The molecule has 0 aromatic heterocycles. The van der Waals surface area contributed by atoms with Crippen molar-refractivity contribution in [1.29, 1.82) is 0 Å². The van der Waals surface area contributed by atoms with Crippen molar-refractivity contribution in [1.82, 2.24) is 0 Å². The molecule has 12 nitrogen and oxygen atoms in total. The smallest absolute Gasteiger partial charge is 0.463 e. The van der Waals surface area contributed by atoms with Gasteiger partial charge in [0.15, 0.2) is 0 Å². The Labute approximate surface area is 242 Å². The summed E-state index contributed by atoms with van der Waals surface area (Å²) in [4.78, 5) is 51.7. The highest BCUT2D eigenvalue weighted by Crippen LogP contribution is 1.95. The molecule has 0 radical (unpaired) electrons. The van der Waals surface area contributed by atoms with E-state index in [4.69, 9.17) is 20.9 Å². The van der Waals surface area contributed by atoms with E-state index in [0.717, 1.165) is 0 Å². The van der Waals surface area contributed by atoms with Gasteiger partial charge in [-0.15, -0.1) is 0 Å². The van der Waals surface area contributed by atoms with Crippen molar-refractivity contribution in [2.45, 2.75) is 140 Å². The molecule has 0 aliphatic heterocycles. The molecule has 0 aromatic rings. The first kappa shape index (κ1) is 47.1. The van der Waals surface area contributed by atoms with Crippen LogP contribution in [0, 0.1) is 5.92 Å². The zero-order chi connectivity index (χ0) is 33.2. The fourth-order valence-electron chi connectivity index (χ4n) is 1.49. The Kier molecular flexibility index (Phi) is 34.4. The minimum absolute atomic E-state index is 0.0255. The average Bonchev–Trinajstić information content (AvgIpc) is 2.72. The van der Waals surface area contributed by atoms with Gasteiger partial charge >= 0.3 is 24.1 Å². The van der Waals surface area contributed by atoms with Crippen LogP contribution in [-0.2, 0) is 42.9 Å². The van der Waals surface area contributed by atoms with Crippen LogP contribution >= 0.6 is 0 Å². The quantitative estimate of drug-likeness (QED) is 0.305. The molecular formula is C28H58N2O10. The molecule has 0 saturated carbocycles. The summed E-state index contributed by atoms with van der Waals surface area (Å²) in [7, 11) is 1.28. The van der Waals surface area contributed by atoms with Crippen LogP contribution < -0.4 is 11.5 Å². The third-order valence-electron chi connectivity index (χ3n) is 3.29. The molecule has 0 aliphatic rings. The summed E-state index contributed by atoms with van der Waals surface area (Å²) in [5, 5.41) is 0. The Hall–Kier alpha value is -2.73. The van der Waals surface area contributed by atoms with Crippen molar-refractivity contribution < 1.29 is 47.7 Å². The van der Waals surface area contributed by atoms with Crippen molar-refractivity contribution in [3.8, 4) is 0 Å². The third kappa shape index (κ3) is 55.7. The fourth-order valence-corrected chi connectivity index (χ4v) is 1.49. The van der Waals surface area contributed by atoms with Gasteiger partial charge < -0.3 is 35.2 Å². The number of ether oxygens (including phenoxy) is 5. The second-order valence-corrected chi connectivity index (χ2v) is 10.0. The van der Waals surface area contributed by atoms with Gasteiger partial charge in [0.05, 0.1) is 37.9 Å². The Morgan fingerprint density at radius 3 is 1.07 bits per heavy atom. The van der Waals surface area contributed by atoms with Gasteiger partial charge in [0, 0.05) is 18.9 Å². The van der Waals surface area contributed by atoms with Crippen molar-refractivity contribution in [2.24, 2.45) is 17.4 Å². The number of rotatable bonds is 8. The molecule has 0 heterocycles. The van der Waals surface area contributed by atoms with Crippen molar-refractivity contribution in [3.05, 3.63) is 0 Å². The van der Waals surface area contributed by atoms with E-state index in [1.165, 1.54) is 14.0 Å². The molecular weight excluding hydrogens is 524 g/mol. The van der Waals surface area contributed by atoms with Crippen LogP contribution in [0.1, 0.15) is 103 Å². The molecule has 40 heavy (non-hydrogen) atoms. The maximum absolute atomic E-state index is 10.8. The summed E-state index contributed by atoms with van der Waals surface area (Å²) in [6.07, 6.45) is -0.493. The minimum atomic E-state index is -0.625. The number of esters is 3. The van der Waals surface area contributed by atoms with E-state index >= 15 is 0 Å². The van der Waals surface area contributed by atoms with E-state index in [0.29, 0.717) is 6.42 Å². The lowest BCUT2D eigenvalue weighted by Crippen LogP contribution is -2.30. The molecule has 2 unspecified atom stereocenters. The highest BCUT2D eigenvalue weighted by molar-refractivity contribution is 5.77. The van der Waals surface area contributed by atoms with Crippen LogP contribution in [0.25, 0.3) is 0 Å². The molecule has 0 rings (SSSR count). The molecule has 4 N–H and O–H groups in total. The first-order valence-corrected chi connectivity index (χ1v) is 13.3. The number of methoxy groups -OCH3 is 1. The van der Waals surface area contributed by atoms with Gasteiger partial charge in [-0.1, -0.05) is 13.8 Å². The number of nitrogens with two attached hydrogens (primary N) is 2. The normalized spacial score (nSPS) is 11.2. The summed E-state index contributed by atoms with van der Waals surface area (Å²) in [5.41, 5.74) is 10.6. The molecule has 0 aliphatic carbocycles. The summed E-state index contributed by atoms with van der Waals surface area (Å²) in [6, 6.07) is -0.612. The molecule has 12 heteroatoms. The third-order valence-corrected chi connectivity index (χ3v) is 3.29. The van der Waals surface area contributed by atoms with Crippen molar-refractivity contribution >= 4 is 29.8 Å². The average molecular weight is 583 g/mol. The Bertz CT molecular complexity index is 662. The monoisotopic (exact) mass is 582 g/mol. The lowest BCUT2D eigenvalue weighted by Gasteiger charge is -2.08. The molecule has 0 saturated heterocycles. The van der Waals surface area contributed by atoms with Gasteiger partial charge in [-0.3, -0.25) is 19.2 Å². The van der Waals surface area contributed by atoms with E-state index < -0.39 is 12.2 Å². The SMILES string of the molecule is CC(=O)C(C)C.CC(=O)OC(C)C.CC(C)OC(=O)C(C)N.CC(N)CC(=O)OC(C)C.COC(=O)OC(C)C. The van der Waals surface area contributed by atoms with Gasteiger partial charge in [-0.2, -0.15) is 0 Å². The number of carbonyl (C=O) groups is 5. The highest BCUT2D eigenvalue weighted by Gasteiger charge is 2.09. The van der Waals surface area contributed by atoms with Gasteiger partial charge in [0.2, 0.25) is 0 Å². The predicted octanol–water partition coefficient (Wildman–Crippen LogP) is 4.33. The van der Waals surface area contributed by atoms with Crippen LogP contribution in [-0.4, -0.2) is 73.5 Å². The van der Waals surface area contributed by atoms with Crippen LogP contribution in [0.2, 0.25) is 0 Å². The molecule has 0 bridgehead atoms. The zero-order valence-electron chi connectivity index (χ0n) is 27.5. The zero-order valence-corrected chi connectivity index (χ0v) is 27.5. The molecule has 0 spiro atoms. The first-order valence-electron chi connectivity index (χ1n) is 13.3. The number of carbonyl (C=O) groups excluding carboxylic acids is 5. The van der Waals surface area contributed by atoms with Crippen LogP contribution in [0.3, 0.4) is 0 Å². The molecule has 240 valence electrons. The molecule has 0 fully saturated rings. The van der Waals surface area contributed by atoms with Gasteiger partial charge in [-0.05, 0) is 76.2 Å². The van der Waals surface area contributed by atoms with Gasteiger partial charge in [0.1, 0.15) is 11.8 Å². The number of ketones is 1. The molecule has 0 amide bonds. The van der Waals surface area contributed by atoms with E-state index in [-0.39, 0.29) is 60.1 Å². The van der Waals surface area contributed by atoms with E-state index in [1.54, 1.807) is 48.5 Å². The van der Waals surface area contributed by atoms with Crippen molar-refractivity contribution in [2.75, 3.05) is 7.11 Å².